The fraction of sp³-hybridized carbons (Fsp3) is 0.421. The van der Waals surface area contributed by atoms with Crippen LogP contribution in [0.1, 0.15) is 19.4 Å². The lowest BCUT2D eigenvalue weighted by Crippen LogP contribution is -2.42. The van der Waals surface area contributed by atoms with E-state index >= 15 is 0 Å². The fourth-order valence-electron chi connectivity index (χ4n) is 3.18. The van der Waals surface area contributed by atoms with E-state index in [1.54, 1.807) is 19.1 Å². The fourth-order valence-corrected chi connectivity index (χ4v) is 4.09. The molecule has 2 aliphatic rings. The number of carbonyl (C=O) groups excluding carboxylic acids is 3. The molecule has 0 saturated carbocycles. The van der Waals surface area contributed by atoms with E-state index in [1.165, 1.54) is 19.1 Å². The van der Waals surface area contributed by atoms with Crippen LogP contribution in [-0.2, 0) is 19.1 Å². The van der Waals surface area contributed by atoms with Crippen molar-refractivity contribution >= 4 is 46.3 Å². The normalized spacial score (nSPS) is 19.3. The van der Waals surface area contributed by atoms with E-state index in [1.807, 2.05) is 4.90 Å². The Morgan fingerprint density at radius 3 is 2.70 bits per heavy atom. The Bertz CT molecular complexity index is 911. The van der Waals surface area contributed by atoms with Gasteiger partial charge in [-0.05, 0) is 43.3 Å². The summed E-state index contributed by atoms with van der Waals surface area (Å²) < 4.78 is 10.2. The Hall–Kier alpha value is -2.92. The lowest BCUT2D eigenvalue weighted by Gasteiger charge is -2.28. The number of hydrogen-bond acceptors (Lipinski definition) is 9. The minimum Gasteiger partial charge on any atom is -0.464 e. The van der Waals surface area contributed by atoms with Gasteiger partial charge in [0.25, 0.3) is 16.8 Å². The van der Waals surface area contributed by atoms with E-state index in [4.69, 9.17) is 9.47 Å². The van der Waals surface area contributed by atoms with Crippen molar-refractivity contribution in [2.75, 3.05) is 37.8 Å². The Balaban J connectivity index is 1.86. The Morgan fingerprint density at radius 1 is 1.37 bits per heavy atom. The topological polar surface area (TPSA) is 119 Å². The second kappa shape index (κ2) is 9.26. The minimum atomic E-state index is -1.05. The van der Waals surface area contributed by atoms with Crippen LogP contribution in [0.2, 0.25) is 0 Å². The highest BCUT2D eigenvalue weighted by Crippen LogP contribution is 2.36. The van der Waals surface area contributed by atoms with Crippen LogP contribution >= 0.6 is 11.8 Å². The van der Waals surface area contributed by atoms with E-state index in [9.17, 15) is 24.5 Å². The molecule has 2 heterocycles. The number of carbonyl (C=O) groups is 3. The first-order valence-corrected chi connectivity index (χ1v) is 10.2. The summed E-state index contributed by atoms with van der Waals surface area (Å²) >= 11 is 0.681. The van der Waals surface area contributed by atoms with Crippen molar-refractivity contribution in [2.45, 2.75) is 19.9 Å². The number of nitrogens with zero attached hydrogens (tertiary/aromatic N) is 3. The molecule has 0 spiro atoms. The predicted octanol–water partition coefficient (Wildman–Crippen LogP) is 2.42. The smallest absolute Gasteiger partial charge is 0.329 e. The van der Waals surface area contributed by atoms with Gasteiger partial charge < -0.3 is 14.4 Å². The van der Waals surface area contributed by atoms with Crippen molar-refractivity contribution in [2.24, 2.45) is 0 Å². The Morgan fingerprint density at radius 2 is 2.07 bits per heavy atom. The molecule has 0 radical (unpaired) electrons. The predicted molar refractivity (Wildman–Crippen MR) is 110 cm³/mol. The molecule has 3 rings (SSSR count). The molecule has 2 saturated heterocycles. The van der Waals surface area contributed by atoms with E-state index in [0.29, 0.717) is 49.3 Å². The van der Waals surface area contributed by atoms with Crippen LogP contribution in [0.25, 0.3) is 6.08 Å². The molecule has 2 aliphatic heterocycles. The standard InChI is InChI=1S/C19H21N3O7S/c1-3-29-18(24)12(2)21-17(23)16(30-19(21)25)11-13-4-5-14(15(10-13)22(26)27)20-6-8-28-9-7-20/h4-5,10-12H,3,6-9H2,1-2H3/b16-11+. The van der Waals surface area contributed by atoms with Crippen LogP contribution in [0.4, 0.5) is 16.2 Å². The quantitative estimate of drug-likeness (QED) is 0.287. The largest absolute Gasteiger partial charge is 0.464 e. The number of imide groups is 1. The third kappa shape index (κ3) is 4.46. The summed E-state index contributed by atoms with van der Waals surface area (Å²) in [5.41, 5.74) is 0.794. The molecule has 0 aliphatic carbocycles. The van der Waals surface area contributed by atoms with Gasteiger partial charge in [0.2, 0.25) is 0 Å². The van der Waals surface area contributed by atoms with Crippen LogP contribution in [-0.4, -0.2) is 65.9 Å². The van der Waals surface area contributed by atoms with Gasteiger partial charge in [0.05, 0.1) is 29.6 Å². The van der Waals surface area contributed by atoms with Crippen molar-refractivity contribution < 1.29 is 28.8 Å². The molecule has 1 aromatic rings. The summed E-state index contributed by atoms with van der Waals surface area (Å²) in [6.07, 6.45) is 1.42. The zero-order valence-corrected chi connectivity index (χ0v) is 17.3. The van der Waals surface area contributed by atoms with E-state index in [2.05, 4.69) is 0 Å². The first kappa shape index (κ1) is 21.8. The molecule has 0 aromatic heterocycles. The van der Waals surface area contributed by atoms with Crippen LogP contribution < -0.4 is 4.90 Å². The van der Waals surface area contributed by atoms with Crippen LogP contribution in [0.5, 0.6) is 0 Å². The first-order chi connectivity index (χ1) is 14.3. The van der Waals surface area contributed by atoms with Gasteiger partial charge in [-0.1, -0.05) is 6.07 Å². The van der Waals surface area contributed by atoms with Gasteiger partial charge in [-0.25, -0.2) is 4.79 Å². The van der Waals surface area contributed by atoms with Crippen LogP contribution in [0.3, 0.4) is 0 Å². The zero-order valence-electron chi connectivity index (χ0n) is 16.5. The molecule has 1 aromatic carbocycles. The maximum atomic E-state index is 12.7. The molecule has 1 unspecified atom stereocenters. The van der Waals surface area contributed by atoms with Gasteiger partial charge in [-0.2, -0.15) is 0 Å². The van der Waals surface area contributed by atoms with Gasteiger partial charge in [0.1, 0.15) is 11.7 Å². The molecule has 0 N–H and O–H groups in total. The van der Waals surface area contributed by atoms with Gasteiger partial charge in [0.15, 0.2) is 0 Å². The van der Waals surface area contributed by atoms with Crippen LogP contribution in [0, 0.1) is 10.1 Å². The number of morpholine rings is 1. The molecular formula is C19H21N3O7S. The molecule has 30 heavy (non-hydrogen) atoms. The highest BCUT2D eigenvalue weighted by Gasteiger charge is 2.41. The van der Waals surface area contributed by atoms with E-state index in [0.717, 1.165) is 4.90 Å². The summed E-state index contributed by atoms with van der Waals surface area (Å²) in [4.78, 5) is 50.7. The van der Waals surface area contributed by atoms with Gasteiger partial charge in [0, 0.05) is 19.2 Å². The van der Waals surface area contributed by atoms with Crippen molar-refractivity contribution in [3.05, 3.63) is 38.8 Å². The minimum absolute atomic E-state index is 0.0876. The summed E-state index contributed by atoms with van der Waals surface area (Å²) in [6, 6.07) is 3.59. The number of nitro benzene ring substituents is 1. The van der Waals surface area contributed by atoms with E-state index in [-0.39, 0.29) is 17.2 Å². The summed E-state index contributed by atoms with van der Waals surface area (Å²) in [5.74, 6) is -1.31. The zero-order chi connectivity index (χ0) is 21.8. The number of thioether (sulfide) groups is 1. The first-order valence-electron chi connectivity index (χ1n) is 9.38. The molecular weight excluding hydrogens is 414 g/mol. The Labute approximate surface area is 176 Å². The molecule has 11 heteroatoms. The number of ether oxygens (including phenoxy) is 2. The molecule has 10 nitrogen and oxygen atoms in total. The molecule has 160 valence electrons. The third-order valence-corrected chi connectivity index (χ3v) is 5.57. The number of esters is 1. The maximum absolute atomic E-state index is 12.7. The number of nitro groups is 1. The third-order valence-electron chi connectivity index (χ3n) is 4.68. The highest BCUT2D eigenvalue weighted by molar-refractivity contribution is 8.18. The summed E-state index contributed by atoms with van der Waals surface area (Å²) in [6.45, 7) is 5.25. The SMILES string of the molecule is CCOC(=O)C(C)N1C(=O)S/C(=C/c2ccc(N3CCOCC3)c([N+](=O)[O-])c2)C1=O. The Kier molecular flexibility index (Phi) is 6.73. The lowest BCUT2D eigenvalue weighted by atomic mass is 10.1. The van der Waals surface area contributed by atoms with Gasteiger partial charge in [-0.15, -0.1) is 0 Å². The van der Waals surface area contributed by atoms with Gasteiger partial charge in [-0.3, -0.25) is 24.6 Å². The average molecular weight is 435 g/mol. The highest BCUT2D eigenvalue weighted by atomic mass is 32.2. The van der Waals surface area contributed by atoms with Crippen molar-refractivity contribution in [1.82, 2.24) is 4.90 Å². The number of benzene rings is 1. The van der Waals surface area contributed by atoms with Crippen molar-refractivity contribution in [3.8, 4) is 0 Å². The second-order valence-electron chi connectivity index (χ2n) is 6.58. The molecule has 0 bridgehead atoms. The monoisotopic (exact) mass is 435 g/mol. The van der Waals surface area contributed by atoms with Gasteiger partial charge >= 0.3 is 5.97 Å². The molecule has 2 amide bonds. The second-order valence-corrected chi connectivity index (χ2v) is 7.58. The lowest BCUT2D eigenvalue weighted by molar-refractivity contribution is -0.384. The average Bonchev–Trinajstić information content (AvgIpc) is 3.01. The number of anilines is 1. The van der Waals surface area contributed by atoms with E-state index < -0.39 is 28.1 Å². The molecule has 2 fully saturated rings. The van der Waals surface area contributed by atoms with Crippen LogP contribution in [0.15, 0.2) is 23.1 Å². The number of hydrogen-bond donors (Lipinski definition) is 0. The maximum Gasteiger partial charge on any atom is 0.329 e. The van der Waals surface area contributed by atoms with Crippen molar-refractivity contribution in [3.63, 3.8) is 0 Å². The van der Waals surface area contributed by atoms with Crippen molar-refractivity contribution in [1.29, 1.82) is 0 Å². The number of amides is 2. The number of rotatable bonds is 6. The summed E-state index contributed by atoms with van der Waals surface area (Å²) in [7, 11) is 0. The molecule has 1 atom stereocenters. The summed E-state index contributed by atoms with van der Waals surface area (Å²) in [5, 5.41) is 11.0.